The van der Waals surface area contributed by atoms with E-state index in [2.05, 4.69) is 5.16 Å². The minimum absolute atomic E-state index is 0.00543. The first-order chi connectivity index (χ1) is 13.0. The van der Waals surface area contributed by atoms with Crippen LogP contribution in [0.25, 0.3) is 21.9 Å². The fourth-order valence-corrected chi connectivity index (χ4v) is 3.01. The third-order valence-electron chi connectivity index (χ3n) is 4.60. The molecule has 136 valence electrons. The number of esters is 1. The molecule has 2 heterocycles. The van der Waals surface area contributed by atoms with Crippen molar-refractivity contribution in [3.8, 4) is 0 Å². The molecule has 0 saturated heterocycles. The standard InChI is InChI=1S/C21H17NO5/c1-12-7-16-14(9-21(24)26-19(16)8-13(12)2)11-25-20(23)10-17-15-5-3-4-6-18(15)27-22-17/h3-9H,10-11H2,1-2H3. The minimum atomic E-state index is -0.473. The number of ether oxygens (including phenoxy) is 1. The van der Waals surface area contributed by atoms with Crippen molar-refractivity contribution >= 4 is 27.9 Å². The second-order valence-electron chi connectivity index (χ2n) is 6.49. The fourth-order valence-electron chi connectivity index (χ4n) is 3.01. The normalized spacial score (nSPS) is 11.2. The Hall–Kier alpha value is -3.41. The summed E-state index contributed by atoms with van der Waals surface area (Å²) in [6.07, 6.45) is -0.00543. The number of para-hydroxylation sites is 1. The third kappa shape index (κ3) is 3.33. The van der Waals surface area contributed by atoms with Crippen molar-refractivity contribution in [1.29, 1.82) is 0 Å². The van der Waals surface area contributed by atoms with E-state index >= 15 is 0 Å². The molecule has 2 aromatic carbocycles. The van der Waals surface area contributed by atoms with Crippen molar-refractivity contribution in [3.63, 3.8) is 0 Å². The molecule has 27 heavy (non-hydrogen) atoms. The molecular formula is C21H17NO5. The molecule has 0 N–H and O–H groups in total. The van der Waals surface area contributed by atoms with E-state index in [-0.39, 0.29) is 13.0 Å². The lowest BCUT2D eigenvalue weighted by Crippen LogP contribution is -2.10. The van der Waals surface area contributed by atoms with Crippen LogP contribution in [0.5, 0.6) is 0 Å². The van der Waals surface area contributed by atoms with Crippen LogP contribution in [-0.2, 0) is 22.6 Å². The third-order valence-corrected chi connectivity index (χ3v) is 4.60. The molecule has 0 bridgehead atoms. The van der Waals surface area contributed by atoms with Gasteiger partial charge in [-0.3, -0.25) is 4.79 Å². The van der Waals surface area contributed by atoms with Gasteiger partial charge in [0.2, 0.25) is 0 Å². The number of aromatic nitrogens is 1. The first-order valence-corrected chi connectivity index (χ1v) is 8.54. The van der Waals surface area contributed by atoms with Gasteiger partial charge >= 0.3 is 11.6 Å². The van der Waals surface area contributed by atoms with E-state index in [1.165, 1.54) is 6.07 Å². The maximum Gasteiger partial charge on any atom is 0.336 e. The summed E-state index contributed by atoms with van der Waals surface area (Å²) in [5, 5.41) is 5.48. The van der Waals surface area contributed by atoms with Gasteiger partial charge in [0.25, 0.3) is 0 Å². The number of carbonyl (C=O) groups excluding carboxylic acids is 1. The van der Waals surface area contributed by atoms with E-state index in [9.17, 15) is 9.59 Å². The molecule has 0 aliphatic rings. The summed E-state index contributed by atoms with van der Waals surface area (Å²) in [6.45, 7) is 3.91. The Morgan fingerprint density at radius 3 is 2.67 bits per heavy atom. The Morgan fingerprint density at radius 1 is 1.04 bits per heavy atom. The molecular weight excluding hydrogens is 346 g/mol. The van der Waals surface area contributed by atoms with Gasteiger partial charge in [-0.25, -0.2) is 4.79 Å². The molecule has 0 saturated carbocycles. The molecule has 0 spiro atoms. The number of aryl methyl sites for hydroxylation is 2. The van der Waals surface area contributed by atoms with Crippen LogP contribution in [-0.4, -0.2) is 11.1 Å². The van der Waals surface area contributed by atoms with Crippen LogP contribution in [0.4, 0.5) is 0 Å². The van der Waals surface area contributed by atoms with Gasteiger partial charge < -0.3 is 13.7 Å². The number of fused-ring (bicyclic) bond motifs is 2. The first kappa shape index (κ1) is 17.0. The second-order valence-corrected chi connectivity index (χ2v) is 6.49. The van der Waals surface area contributed by atoms with Crippen LogP contribution in [0.15, 0.2) is 56.2 Å². The van der Waals surface area contributed by atoms with Crippen molar-refractivity contribution < 1.29 is 18.5 Å². The lowest BCUT2D eigenvalue weighted by molar-refractivity contribution is -0.144. The van der Waals surface area contributed by atoms with Crippen molar-refractivity contribution in [3.05, 3.63) is 75.3 Å². The Balaban J connectivity index is 1.55. The number of nitrogens with zero attached hydrogens (tertiary/aromatic N) is 1. The topological polar surface area (TPSA) is 82.5 Å². The Bertz CT molecular complexity index is 1220. The molecule has 0 fully saturated rings. The van der Waals surface area contributed by atoms with E-state index in [4.69, 9.17) is 13.7 Å². The maximum absolute atomic E-state index is 12.3. The SMILES string of the molecule is Cc1cc2oc(=O)cc(COC(=O)Cc3noc4ccccc34)c2cc1C. The van der Waals surface area contributed by atoms with Crippen LogP contribution in [0.1, 0.15) is 22.4 Å². The van der Waals surface area contributed by atoms with Gasteiger partial charge in [0, 0.05) is 22.4 Å². The maximum atomic E-state index is 12.3. The van der Waals surface area contributed by atoms with E-state index in [1.807, 2.05) is 44.2 Å². The monoisotopic (exact) mass is 363 g/mol. The van der Waals surface area contributed by atoms with Crippen molar-refractivity contribution in [1.82, 2.24) is 5.16 Å². The molecule has 4 rings (SSSR count). The van der Waals surface area contributed by atoms with Crippen molar-refractivity contribution in [2.75, 3.05) is 0 Å². The molecule has 6 heteroatoms. The second kappa shape index (κ2) is 6.72. The lowest BCUT2D eigenvalue weighted by Gasteiger charge is -2.09. The average Bonchev–Trinajstić information content (AvgIpc) is 3.04. The molecule has 0 unspecified atom stereocenters. The predicted molar refractivity (Wildman–Crippen MR) is 99.5 cm³/mol. The quantitative estimate of drug-likeness (QED) is 0.405. The van der Waals surface area contributed by atoms with Crippen LogP contribution >= 0.6 is 0 Å². The highest BCUT2D eigenvalue weighted by Gasteiger charge is 2.14. The van der Waals surface area contributed by atoms with Gasteiger partial charge in [-0.05, 0) is 49.2 Å². The van der Waals surface area contributed by atoms with Gasteiger partial charge in [-0.2, -0.15) is 0 Å². The highest BCUT2D eigenvalue weighted by atomic mass is 16.5. The highest BCUT2D eigenvalue weighted by Crippen LogP contribution is 2.23. The Labute approximate surface area is 154 Å². The summed E-state index contributed by atoms with van der Waals surface area (Å²) in [7, 11) is 0. The minimum Gasteiger partial charge on any atom is -0.460 e. The van der Waals surface area contributed by atoms with Gasteiger partial charge in [-0.1, -0.05) is 17.3 Å². The molecule has 2 aromatic heterocycles. The van der Waals surface area contributed by atoms with Crippen LogP contribution in [0.2, 0.25) is 0 Å². The number of carbonyl (C=O) groups is 1. The highest BCUT2D eigenvalue weighted by molar-refractivity contribution is 5.85. The summed E-state index contributed by atoms with van der Waals surface area (Å²) in [5.74, 6) is -0.445. The van der Waals surface area contributed by atoms with Crippen LogP contribution in [0, 0.1) is 13.8 Å². The summed E-state index contributed by atoms with van der Waals surface area (Å²) >= 11 is 0. The first-order valence-electron chi connectivity index (χ1n) is 8.54. The predicted octanol–water partition coefficient (Wildman–Crippen LogP) is 3.84. The molecule has 6 nitrogen and oxygen atoms in total. The lowest BCUT2D eigenvalue weighted by atomic mass is 10.0. The summed E-state index contributed by atoms with van der Waals surface area (Å²) < 4.78 is 15.8. The largest absolute Gasteiger partial charge is 0.460 e. The number of hydrogen-bond acceptors (Lipinski definition) is 6. The zero-order chi connectivity index (χ0) is 19.0. The van der Waals surface area contributed by atoms with Gasteiger partial charge in [0.15, 0.2) is 5.58 Å². The smallest absolute Gasteiger partial charge is 0.336 e. The molecule has 0 aliphatic heterocycles. The van der Waals surface area contributed by atoms with Crippen LogP contribution < -0.4 is 5.63 Å². The summed E-state index contributed by atoms with van der Waals surface area (Å²) in [4.78, 5) is 24.1. The van der Waals surface area contributed by atoms with E-state index in [1.54, 1.807) is 6.07 Å². The molecule has 0 radical (unpaired) electrons. The summed E-state index contributed by atoms with van der Waals surface area (Å²) in [5.41, 5.74) is 3.87. The zero-order valence-corrected chi connectivity index (χ0v) is 14.9. The van der Waals surface area contributed by atoms with E-state index in [0.29, 0.717) is 22.4 Å². The Morgan fingerprint density at radius 2 is 1.81 bits per heavy atom. The van der Waals surface area contributed by atoms with Gasteiger partial charge in [0.05, 0.1) is 6.42 Å². The fraction of sp³-hybridized carbons (Fsp3) is 0.190. The number of benzene rings is 2. The van der Waals surface area contributed by atoms with E-state index < -0.39 is 11.6 Å². The molecule has 0 amide bonds. The number of hydrogen-bond donors (Lipinski definition) is 0. The average molecular weight is 363 g/mol. The molecule has 0 atom stereocenters. The molecule has 4 aromatic rings. The number of rotatable bonds is 4. The van der Waals surface area contributed by atoms with Gasteiger partial charge in [0.1, 0.15) is 17.9 Å². The van der Waals surface area contributed by atoms with Gasteiger partial charge in [-0.15, -0.1) is 0 Å². The van der Waals surface area contributed by atoms with Crippen LogP contribution in [0.3, 0.4) is 0 Å². The summed E-state index contributed by atoms with van der Waals surface area (Å²) in [6, 6.07) is 12.4. The van der Waals surface area contributed by atoms with Crippen molar-refractivity contribution in [2.45, 2.75) is 26.9 Å². The zero-order valence-electron chi connectivity index (χ0n) is 14.9. The van der Waals surface area contributed by atoms with E-state index in [0.717, 1.165) is 21.9 Å². The molecule has 0 aliphatic carbocycles. The Kier molecular flexibility index (Phi) is 4.24. The van der Waals surface area contributed by atoms with Crippen molar-refractivity contribution in [2.24, 2.45) is 0 Å².